The molecule has 1 aliphatic carbocycles. The normalized spacial score (nSPS) is 26.8. The van der Waals surface area contributed by atoms with E-state index in [1.807, 2.05) is 0 Å². The topological polar surface area (TPSA) is 38.0 Å². The van der Waals surface area contributed by atoms with Gasteiger partial charge >= 0.3 is 6.18 Å². The fourth-order valence-electron chi connectivity index (χ4n) is 2.25. The summed E-state index contributed by atoms with van der Waals surface area (Å²) >= 11 is 0. The largest absolute Gasteiger partial charge is 0.435 e. The van der Waals surface area contributed by atoms with Crippen molar-refractivity contribution in [1.29, 1.82) is 0 Å². The van der Waals surface area contributed by atoms with Gasteiger partial charge < -0.3 is 5.11 Å². The minimum absolute atomic E-state index is 0.325. The van der Waals surface area contributed by atoms with Crippen LogP contribution < -0.4 is 0 Å². The van der Waals surface area contributed by atoms with Crippen molar-refractivity contribution in [3.05, 3.63) is 18.0 Å². The van der Waals surface area contributed by atoms with E-state index in [-0.39, 0.29) is 6.04 Å². The summed E-state index contributed by atoms with van der Waals surface area (Å²) in [5.74, 6) is 0. The molecule has 2 unspecified atom stereocenters. The van der Waals surface area contributed by atoms with Crippen molar-refractivity contribution in [2.24, 2.45) is 0 Å². The molecule has 1 aromatic rings. The summed E-state index contributed by atoms with van der Waals surface area (Å²) in [7, 11) is 0. The van der Waals surface area contributed by atoms with Crippen LogP contribution in [-0.4, -0.2) is 21.0 Å². The Labute approximate surface area is 97.2 Å². The Bertz CT molecular complexity index is 375. The third kappa shape index (κ3) is 2.80. The first-order valence-electron chi connectivity index (χ1n) is 5.79. The zero-order chi connectivity index (χ0) is 12.5. The van der Waals surface area contributed by atoms with Gasteiger partial charge in [-0.05, 0) is 18.9 Å². The van der Waals surface area contributed by atoms with Gasteiger partial charge in [0.1, 0.15) is 0 Å². The molecule has 0 amide bonds. The molecule has 1 aromatic heterocycles. The third-order valence-corrected chi connectivity index (χ3v) is 3.18. The van der Waals surface area contributed by atoms with Crippen LogP contribution in [0.5, 0.6) is 0 Å². The Balaban J connectivity index is 2.18. The van der Waals surface area contributed by atoms with E-state index in [4.69, 9.17) is 0 Å². The van der Waals surface area contributed by atoms with Gasteiger partial charge in [0.25, 0.3) is 0 Å². The number of nitrogens with zero attached hydrogens (tertiary/aromatic N) is 2. The molecule has 1 saturated carbocycles. The molecule has 0 spiro atoms. The molecule has 1 N–H and O–H groups in total. The van der Waals surface area contributed by atoms with Gasteiger partial charge in [0.15, 0.2) is 5.69 Å². The molecule has 3 nitrogen and oxygen atoms in total. The molecule has 1 aliphatic rings. The standard InChI is InChI=1S/C11H15F3N2O/c12-11(13,14)10-6-7-16(15-10)8-4-2-1-3-5-9(8)17/h6-9,17H,1-5H2. The van der Waals surface area contributed by atoms with Crippen LogP contribution in [0.4, 0.5) is 13.2 Å². The SMILES string of the molecule is OC1CCCCCC1n1ccc(C(F)(F)F)n1. The van der Waals surface area contributed by atoms with E-state index in [9.17, 15) is 18.3 Å². The predicted octanol–water partition coefficient (Wildman–Crippen LogP) is 2.77. The highest BCUT2D eigenvalue weighted by Crippen LogP contribution is 2.31. The summed E-state index contributed by atoms with van der Waals surface area (Å²) < 4.78 is 38.5. The maximum atomic E-state index is 12.4. The van der Waals surface area contributed by atoms with Gasteiger partial charge in [-0.1, -0.05) is 19.3 Å². The van der Waals surface area contributed by atoms with Crippen LogP contribution >= 0.6 is 0 Å². The van der Waals surface area contributed by atoms with E-state index in [2.05, 4.69) is 5.10 Å². The number of aromatic nitrogens is 2. The number of aliphatic hydroxyl groups is 1. The lowest BCUT2D eigenvalue weighted by Gasteiger charge is -2.20. The summed E-state index contributed by atoms with van der Waals surface area (Å²) in [5.41, 5.74) is -0.894. The number of aliphatic hydroxyl groups excluding tert-OH is 1. The maximum Gasteiger partial charge on any atom is 0.435 e. The summed E-state index contributed by atoms with van der Waals surface area (Å²) in [6.45, 7) is 0. The van der Waals surface area contributed by atoms with Crippen molar-refractivity contribution in [2.75, 3.05) is 0 Å². The Hall–Kier alpha value is -1.04. The summed E-state index contributed by atoms with van der Waals surface area (Å²) in [6.07, 6.45) is 0.461. The van der Waals surface area contributed by atoms with E-state index in [1.54, 1.807) is 0 Å². The molecule has 0 aromatic carbocycles. The summed E-state index contributed by atoms with van der Waals surface area (Å²) in [5, 5.41) is 13.4. The maximum absolute atomic E-state index is 12.4. The lowest BCUT2D eigenvalue weighted by atomic mass is 10.1. The van der Waals surface area contributed by atoms with E-state index in [1.165, 1.54) is 10.9 Å². The Kier molecular flexibility index (Phi) is 3.42. The molecule has 0 bridgehead atoms. The fourth-order valence-corrected chi connectivity index (χ4v) is 2.25. The van der Waals surface area contributed by atoms with Gasteiger partial charge in [-0.25, -0.2) is 0 Å². The van der Waals surface area contributed by atoms with Crippen molar-refractivity contribution in [3.63, 3.8) is 0 Å². The van der Waals surface area contributed by atoms with Crippen molar-refractivity contribution in [2.45, 2.75) is 50.4 Å². The average molecular weight is 248 g/mol. The van der Waals surface area contributed by atoms with Crippen LogP contribution in [0.3, 0.4) is 0 Å². The molecule has 1 heterocycles. The zero-order valence-electron chi connectivity index (χ0n) is 9.32. The Morgan fingerprint density at radius 1 is 1.24 bits per heavy atom. The minimum Gasteiger partial charge on any atom is -0.391 e. The second-order valence-electron chi connectivity index (χ2n) is 4.45. The molecule has 17 heavy (non-hydrogen) atoms. The van der Waals surface area contributed by atoms with Gasteiger partial charge in [0.2, 0.25) is 0 Å². The first kappa shape index (κ1) is 12.4. The van der Waals surface area contributed by atoms with Gasteiger partial charge in [-0.2, -0.15) is 18.3 Å². The Morgan fingerprint density at radius 2 is 1.94 bits per heavy atom. The Morgan fingerprint density at radius 3 is 2.59 bits per heavy atom. The molecule has 0 radical (unpaired) electrons. The van der Waals surface area contributed by atoms with E-state index >= 15 is 0 Å². The van der Waals surface area contributed by atoms with Gasteiger partial charge in [-0.15, -0.1) is 0 Å². The fraction of sp³-hybridized carbons (Fsp3) is 0.727. The minimum atomic E-state index is -4.42. The zero-order valence-corrected chi connectivity index (χ0v) is 9.32. The first-order valence-corrected chi connectivity index (χ1v) is 5.79. The number of rotatable bonds is 1. The highest BCUT2D eigenvalue weighted by molar-refractivity contribution is 5.04. The smallest absolute Gasteiger partial charge is 0.391 e. The molecule has 1 fully saturated rings. The van der Waals surface area contributed by atoms with Crippen LogP contribution in [0.2, 0.25) is 0 Å². The predicted molar refractivity (Wildman–Crippen MR) is 55.4 cm³/mol. The quantitative estimate of drug-likeness (QED) is 0.776. The van der Waals surface area contributed by atoms with Crippen molar-refractivity contribution < 1.29 is 18.3 Å². The van der Waals surface area contributed by atoms with Crippen molar-refractivity contribution >= 4 is 0 Å². The number of hydrogen-bond donors (Lipinski definition) is 1. The first-order chi connectivity index (χ1) is 7.98. The monoisotopic (exact) mass is 248 g/mol. The second-order valence-corrected chi connectivity index (χ2v) is 4.45. The van der Waals surface area contributed by atoms with E-state index < -0.39 is 18.0 Å². The van der Waals surface area contributed by atoms with Gasteiger partial charge in [-0.3, -0.25) is 4.68 Å². The number of alkyl halides is 3. The van der Waals surface area contributed by atoms with Crippen LogP contribution in [0.25, 0.3) is 0 Å². The molecule has 0 aliphatic heterocycles. The summed E-state index contributed by atoms with van der Waals surface area (Å²) in [6, 6.07) is 0.631. The molecule has 6 heteroatoms. The number of halogens is 3. The summed E-state index contributed by atoms with van der Waals surface area (Å²) in [4.78, 5) is 0. The van der Waals surface area contributed by atoms with Crippen LogP contribution in [-0.2, 0) is 6.18 Å². The van der Waals surface area contributed by atoms with Gasteiger partial charge in [0.05, 0.1) is 12.1 Å². The lowest BCUT2D eigenvalue weighted by Crippen LogP contribution is -2.24. The average Bonchev–Trinajstić information content (AvgIpc) is 2.63. The molecule has 2 rings (SSSR count). The van der Waals surface area contributed by atoms with Crippen LogP contribution in [0.15, 0.2) is 12.3 Å². The molecule has 96 valence electrons. The molecular weight excluding hydrogens is 233 g/mol. The van der Waals surface area contributed by atoms with E-state index in [0.29, 0.717) is 12.8 Å². The number of hydrogen-bond acceptors (Lipinski definition) is 2. The van der Waals surface area contributed by atoms with Crippen LogP contribution in [0.1, 0.15) is 43.8 Å². The van der Waals surface area contributed by atoms with Crippen molar-refractivity contribution in [3.8, 4) is 0 Å². The van der Waals surface area contributed by atoms with Gasteiger partial charge in [0, 0.05) is 6.20 Å². The lowest BCUT2D eigenvalue weighted by molar-refractivity contribution is -0.141. The molecule has 0 saturated heterocycles. The highest BCUT2D eigenvalue weighted by atomic mass is 19.4. The second kappa shape index (κ2) is 4.68. The highest BCUT2D eigenvalue weighted by Gasteiger charge is 2.34. The third-order valence-electron chi connectivity index (χ3n) is 3.18. The molecule has 2 atom stereocenters. The van der Waals surface area contributed by atoms with E-state index in [0.717, 1.165) is 25.3 Å². The molecular formula is C11H15F3N2O. The van der Waals surface area contributed by atoms with Crippen LogP contribution in [0, 0.1) is 0 Å². The van der Waals surface area contributed by atoms with Crippen molar-refractivity contribution in [1.82, 2.24) is 9.78 Å².